The molecule has 102 valence electrons. The maximum absolute atomic E-state index is 13.4. The van der Waals surface area contributed by atoms with Gasteiger partial charge in [0.05, 0.1) is 11.6 Å². The van der Waals surface area contributed by atoms with E-state index in [1.54, 1.807) is 37.4 Å². The van der Waals surface area contributed by atoms with Gasteiger partial charge in [0, 0.05) is 11.6 Å². The number of nitrogens with zero attached hydrogens (tertiary/aromatic N) is 1. The molecule has 0 amide bonds. The first-order chi connectivity index (χ1) is 9.63. The van der Waals surface area contributed by atoms with Gasteiger partial charge in [0.15, 0.2) is 0 Å². The van der Waals surface area contributed by atoms with Crippen LogP contribution in [0.4, 0.5) is 4.39 Å². The van der Waals surface area contributed by atoms with Gasteiger partial charge in [0.2, 0.25) is 0 Å². The molecule has 2 aromatic carbocycles. The van der Waals surface area contributed by atoms with Crippen molar-refractivity contribution in [3.8, 4) is 17.6 Å². The average Bonchev–Trinajstić information content (AvgIpc) is 2.48. The Balaban J connectivity index is 2.35. The van der Waals surface area contributed by atoms with Gasteiger partial charge in [-0.2, -0.15) is 5.26 Å². The van der Waals surface area contributed by atoms with Crippen molar-refractivity contribution in [2.24, 2.45) is 0 Å². The molecule has 0 heterocycles. The third-order valence-electron chi connectivity index (χ3n) is 3.06. The van der Waals surface area contributed by atoms with Crippen LogP contribution in [0.25, 0.3) is 0 Å². The van der Waals surface area contributed by atoms with E-state index in [0.717, 1.165) is 5.56 Å². The van der Waals surface area contributed by atoms with Gasteiger partial charge in [-0.3, -0.25) is 0 Å². The number of nitrogens with one attached hydrogen (secondary N) is 1. The average molecular weight is 270 g/mol. The van der Waals surface area contributed by atoms with Crippen molar-refractivity contribution in [2.75, 3.05) is 7.05 Å². The summed E-state index contributed by atoms with van der Waals surface area (Å²) in [5.41, 5.74) is 1.25. The highest BCUT2D eigenvalue weighted by molar-refractivity contribution is 5.42. The molecule has 1 unspecified atom stereocenters. The quantitative estimate of drug-likeness (QED) is 0.919. The van der Waals surface area contributed by atoms with E-state index >= 15 is 0 Å². The molecule has 1 N–H and O–H groups in total. The van der Waals surface area contributed by atoms with Crippen molar-refractivity contribution in [1.82, 2.24) is 5.32 Å². The molecule has 2 rings (SSSR count). The van der Waals surface area contributed by atoms with Crippen LogP contribution in [-0.4, -0.2) is 7.05 Å². The van der Waals surface area contributed by atoms with Gasteiger partial charge in [-0.25, -0.2) is 4.39 Å². The van der Waals surface area contributed by atoms with Crippen LogP contribution < -0.4 is 10.1 Å². The van der Waals surface area contributed by atoms with E-state index in [2.05, 4.69) is 11.4 Å². The van der Waals surface area contributed by atoms with Crippen LogP contribution in [0.15, 0.2) is 42.5 Å². The summed E-state index contributed by atoms with van der Waals surface area (Å²) in [6.07, 6.45) is 0. The molecule has 0 fully saturated rings. The number of hydrogen-bond acceptors (Lipinski definition) is 3. The van der Waals surface area contributed by atoms with E-state index in [0.29, 0.717) is 17.1 Å². The summed E-state index contributed by atoms with van der Waals surface area (Å²) in [5.74, 6) is 0.823. The minimum absolute atomic E-state index is 0.0418. The predicted octanol–water partition coefficient (Wildman–Crippen LogP) is 3.77. The Bertz CT molecular complexity index is 649. The fourth-order valence-electron chi connectivity index (χ4n) is 1.86. The number of nitriles is 1. The monoisotopic (exact) mass is 270 g/mol. The maximum Gasteiger partial charge on any atom is 0.132 e. The molecule has 0 saturated carbocycles. The van der Waals surface area contributed by atoms with Gasteiger partial charge in [-0.05, 0) is 50.4 Å². The summed E-state index contributed by atoms with van der Waals surface area (Å²) in [6.45, 7) is 1.92. The molecular weight excluding hydrogens is 255 g/mol. The SMILES string of the molecule is CNC(C)c1cc(F)ccc1Oc1cccc(C#N)c1. The second kappa shape index (κ2) is 6.18. The topological polar surface area (TPSA) is 45.0 Å². The van der Waals surface area contributed by atoms with Crippen molar-refractivity contribution >= 4 is 0 Å². The Morgan fingerprint density at radius 2 is 2.05 bits per heavy atom. The van der Waals surface area contributed by atoms with Crippen LogP contribution in [0.1, 0.15) is 24.1 Å². The van der Waals surface area contributed by atoms with Crippen molar-refractivity contribution in [1.29, 1.82) is 5.26 Å². The van der Waals surface area contributed by atoms with Crippen LogP contribution in [0.3, 0.4) is 0 Å². The van der Waals surface area contributed by atoms with Crippen molar-refractivity contribution in [3.05, 3.63) is 59.4 Å². The lowest BCUT2D eigenvalue weighted by atomic mass is 10.1. The molecule has 0 saturated heterocycles. The van der Waals surface area contributed by atoms with Gasteiger partial charge in [-0.1, -0.05) is 6.07 Å². The van der Waals surface area contributed by atoms with Crippen LogP contribution in [0.5, 0.6) is 11.5 Å². The first-order valence-corrected chi connectivity index (χ1v) is 6.28. The minimum Gasteiger partial charge on any atom is -0.457 e. The Labute approximate surface area is 117 Å². The smallest absolute Gasteiger partial charge is 0.132 e. The van der Waals surface area contributed by atoms with Crippen LogP contribution >= 0.6 is 0 Å². The third-order valence-corrected chi connectivity index (χ3v) is 3.06. The van der Waals surface area contributed by atoms with E-state index in [9.17, 15) is 4.39 Å². The third kappa shape index (κ3) is 3.14. The molecule has 0 spiro atoms. The van der Waals surface area contributed by atoms with Gasteiger partial charge < -0.3 is 10.1 Å². The lowest BCUT2D eigenvalue weighted by Gasteiger charge is -2.16. The molecule has 2 aromatic rings. The summed E-state index contributed by atoms with van der Waals surface area (Å²) >= 11 is 0. The highest BCUT2D eigenvalue weighted by Crippen LogP contribution is 2.30. The van der Waals surface area contributed by atoms with E-state index in [1.165, 1.54) is 12.1 Å². The Kier molecular flexibility index (Phi) is 4.34. The molecule has 20 heavy (non-hydrogen) atoms. The summed E-state index contributed by atoms with van der Waals surface area (Å²) in [4.78, 5) is 0. The maximum atomic E-state index is 13.4. The highest BCUT2D eigenvalue weighted by atomic mass is 19.1. The Morgan fingerprint density at radius 1 is 1.25 bits per heavy atom. The molecule has 0 aliphatic heterocycles. The van der Waals surface area contributed by atoms with E-state index in [-0.39, 0.29) is 11.9 Å². The van der Waals surface area contributed by atoms with E-state index in [4.69, 9.17) is 10.00 Å². The molecule has 0 radical (unpaired) electrons. The lowest BCUT2D eigenvalue weighted by molar-refractivity contribution is 0.463. The van der Waals surface area contributed by atoms with Crippen molar-refractivity contribution in [3.63, 3.8) is 0 Å². The largest absolute Gasteiger partial charge is 0.457 e. The normalized spacial score (nSPS) is 11.7. The molecular formula is C16H15FN2O. The predicted molar refractivity (Wildman–Crippen MR) is 75.1 cm³/mol. The van der Waals surface area contributed by atoms with Crippen LogP contribution in [0.2, 0.25) is 0 Å². The Hall–Kier alpha value is -2.38. The van der Waals surface area contributed by atoms with E-state index in [1.807, 2.05) is 6.92 Å². The number of ether oxygens (including phenoxy) is 1. The molecule has 0 aliphatic rings. The summed E-state index contributed by atoms with van der Waals surface area (Å²) in [6, 6.07) is 13.3. The zero-order valence-corrected chi connectivity index (χ0v) is 11.4. The zero-order chi connectivity index (χ0) is 14.5. The van der Waals surface area contributed by atoms with E-state index < -0.39 is 0 Å². The molecule has 1 atom stereocenters. The zero-order valence-electron chi connectivity index (χ0n) is 11.4. The van der Waals surface area contributed by atoms with Crippen LogP contribution in [0, 0.1) is 17.1 Å². The standard InChI is InChI=1S/C16H15FN2O/c1-11(19-2)15-9-13(17)6-7-16(15)20-14-5-3-4-12(8-14)10-18/h3-9,11,19H,1-2H3. The number of hydrogen-bond donors (Lipinski definition) is 1. The number of rotatable bonds is 4. The fraction of sp³-hybridized carbons (Fsp3) is 0.188. The fourth-order valence-corrected chi connectivity index (χ4v) is 1.86. The highest BCUT2D eigenvalue weighted by Gasteiger charge is 2.12. The number of benzene rings is 2. The molecule has 0 aliphatic carbocycles. The first kappa shape index (κ1) is 14.0. The second-order valence-electron chi connectivity index (χ2n) is 4.43. The van der Waals surface area contributed by atoms with Gasteiger partial charge >= 0.3 is 0 Å². The summed E-state index contributed by atoms with van der Waals surface area (Å²) in [5, 5.41) is 11.9. The Morgan fingerprint density at radius 3 is 2.75 bits per heavy atom. The molecule has 0 aromatic heterocycles. The van der Waals surface area contributed by atoms with Gasteiger partial charge in [0.25, 0.3) is 0 Å². The minimum atomic E-state index is -0.305. The lowest BCUT2D eigenvalue weighted by Crippen LogP contribution is -2.13. The molecule has 3 nitrogen and oxygen atoms in total. The molecule has 4 heteroatoms. The van der Waals surface area contributed by atoms with Gasteiger partial charge in [0.1, 0.15) is 17.3 Å². The number of halogens is 1. The summed E-state index contributed by atoms with van der Waals surface area (Å²) in [7, 11) is 1.80. The van der Waals surface area contributed by atoms with Crippen LogP contribution in [-0.2, 0) is 0 Å². The second-order valence-corrected chi connectivity index (χ2v) is 4.43. The van der Waals surface area contributed by atoms with Crippen molar-refractivity contribution < 1.29 is 9.13 Å². The first-order valence-electron chi connectivity index (χ1n) is 6.28. The summed E-state index contributed by atoms with van der Waals surface area (Å²) < 4.78 is 19.1. The van der Waals surface area contributed by atoms with Gasteiger partial charge in [-0.15, -0.1) is 0 Å². The molecule has 0 bridgehead atoms. The van der Waals surface area contributed by atoms with Crippen molar-refractivity contribution in [2.45, 2.75) is 13.0 Å².